The highest BCUT2D eigenvalue weighted by Crippen LogP contribution is 2.42. The number of hydrogen-bond acceptors (Lipinski definition) is 4. The Morgan fingerprint density at radius 2 is 1.83 bits per heavy atom. The van der Waals surface area contributed by atoms with E-state index in [9.17, 15) is 18.0 Å². The molecule has 1 amide bonds. The third-order valence-corrected chi connectivity index (χ3v) is 4.63. The first-order chi connectivity index (χ1) is 14.4. The molecule has 4 aromatic rings. The number of fused-ring (bicyclic) bond motifs is 1. The largest absolute Gasteiger partial charge is 0.489 e. The van der Waals surface area contributed by atoms with Crippen LogP contribution in [0.15, 0.2) is 60.9 Å². The van der Waals surface area contributed by atoms with Crippen LogP contribution in [0.4, 0.5) is 13.2 Å². The van der Waals surface area contributed by atoms with Gasteiger partial charge in [-0.2, -0.15) is 18.3 Å². The Bertz CT molecular complexity index is 1220. The fourth-order valence-electron chi connectivity index (χ4n) is 3.33. The first-order valence-electron chi connectivity index (χ1n) is 8.85. The molecule has 152 valence electrons. The number of ether oxygens (including phenoxy) is 1. The van der Waals surface area contributed by atoms with Crippen LogP contribution in [-0.2, 0) is 12.8 Å². The molecule has 0 unspecified atom stereocenters. The van der Waals surface area contributed by atoms with Gasteiger partial charge in [-0.05, 0) is 35.4 Å². The minimum Gasteiger partial charge on any atom is -0.489 e. The predicted octanol–water partition coefficient (Wildman–Crippen LogP) is 4.32. The van der Waals surface area contributed by atoms with Crippen molar-refractivity contribution < 1.29 is 22.7 Å². The molecule has 2 aromatic carbocycles. The smallest absolute Gasteiger partial charge is 0.417 e. The molecule has 0 saturated carbocycles. The number of carbonyl (C=O) groups is 1. The van der Waals surface area contributed by atoms with Crippen molar-refractivity contribution in [2.45, 2.75) is 12.8 Å². The summed E-state index contributed by atoms with van der Waals surface area (Å²) in [7, 11) is 0. The molecule has 4 rings (SSSR count). The van der Waals surface area contributed by atoms with Crippen LogP contribution < -0.4 is 10.5 Å². The van der Waals surface area contributed by atoms with Crippen molar-refractivity contribution in [3.63, 3.8) is 0 Å². The van der Waals surface area contributed by atoms with Gasteiger partial charge in [-0.1, -0.05) is 24.3 Å². The summed E-state index contributed by atoms with van der Waals surface area (Å²) in [5.41, 5.74) is 4.32. The van der Waals surface area contributed by atoms with Gasteiger partial charge in [0.1, 0.15) is 12.4 Å². The van der Waals surface area contributed by atoms with E-state index >= 15 is 0 Å². The minimum absolute atomic E-state index is 0.118. The molecule has 2 heterocycles. The first-order valence-corrected chi connectivity index (χ1v) is 8.85. The number of para-hydroxylation sites is 1. The van der Waals surface area contributed by atoms with Gasteiger partial charge in [0.25, 0.3) is 0 Å². The Kier molecular flexibility index (Phi) is 4.86. The lowest BCUT2D eigenvalue weighted by Crippen LogP contribution is -2.21. The third kappa shape index (κ3) is 3.57. The maximum atomic E-state index is 14.2. The number of hydrogen-bond donors (Lipinski definition) is 2. The number of H-pyrrole nitrogens is 1. The summed E-state index contributed by atoms with van der Waals surface area (Å²) in [6, 6.07) is 12.3. The molecule has 0 saturated heterocycles. The molecule has 0 radical (unpaired) electrons. The zero-order valence-corrected chi connectivity index (χ0v) is 15.4. The number of pyridine rings is 1. The summed E-state index contributed by atoms with van der Waals surface area (Å²) in [6.07, 6.45) is -1.98. The molecule has 0 aliphatic rings. The van der Waals surface area contributed by atoms with E-state index in [0.29, 0.717) is 16.8 Å². The maximum absolute atomic E-state index is 14.2. The van der Waals surface area contributed by atoms with Crippen molar-refractivity contribution in [3.05, 3.63) is 77.6 Å². The van der Waals surface area contributed by atoms with Crippen LogP contribution in [0.2, 0.25) is 0 Å². The Labute approximate surface area is 168 Å². The summed E-state index contributed by atoms with van der Waals surface area (Å²) in [6.45, 7) is -0.482. The SMILES string of the molecule is NC(=O)c1ccc(-c2ccnc3[nH]ncc23)c(C(F)(F)F)c1COc1ccccc1. The molecule has 0 bridgehead atoms. The van der Waals surface area contributed by atoms with Gasteiger partial charge in [-0.15, -0.1) is 0 Å². The molecule has 3 N–H and O–H groups in total. The van der Waals surface area contributed by atoms with E-state index in [0.717, 1.165) is 0 Å². The Morgan fingerprint density at radius 3 is 2.53 bits per heavy atom. The highest BCUT2D eigenvalue weighted by atomic mass is 19.4. The number of nitrogens with two attached hydrogens (primary N) is 1. The Balaban J connectivity index is 1.93. The van der Waals surface area contributed by atoms with Gasteiger partial charge < -0.3 is 10.5 Å². The lowest BCUT2D eigenvalue weighted by atomic mass is 9.90. The lowest BCUT2D eigenvalue weighted by Gasteiger charge is -2.20. The van der Waals surface area contributed by atoms with Crippen molar-refractivity contribution >= 4 is 16.9 Å². The molecule has 30 heavy (non-hydrogen) atoms. The summed E-state index contributed by atoms with van der Waals surface area (Å²) < 4.78 is 48.3. The summed E-state index contributed by atoms with van der Waals surface area (Å²) >= 11 is 0. The third-order valence-electron chi connectivity index (χ3n) is 4.63. The lowest BCUT2D eigenvalue weighted by molar-refractivity contribution is -0.138. The van der Waals surface area contributed by atoms with Crippen LogP contribution in [0, 0.1) is 0 Å². The zero-order chi connectivity index (χ0) is 21.3. The maximum Gasteiger partial charge on any atom is 0.417 e. The molecule has 6 nitrogen and oxygen atoms in total. The van der Waals surface area contributed by atoms with E-state index in [1.54, 1.807) is 30.3 Å². The van der Waals surface area contributed by atoms with Gasteiger partial charge in [-0.3, -0.25) is 9.89 Å². The highest BCUT2D eigenvalue weighted by Gasteiger charge is 2.38. The van der Waals surface area contributed by atoms with E-state index in [-0.39, 0.29) is 22.3 Å². The number of rotatable bonds is 5. The van der Waals surface area contributed by atoms with Crippen molar-refractivity contribution in [2.75, 3.05) is 0 Å². The number of benzene rings is 2. The van der Waals surface area contributed by atoms with Crippen LogP contribution in [0.3, 0.4) is 0 Å². The van der Waals surface area contributed by atoms with Gasteiger partial charge in [0.05, 0.1) is 11.8 Å². The number of carbonyl (C=O) groups excluding carboxylic acids is 1. The number of primary amides is 1. The highest BCUT2D eigenvalue weighted by molar-refractivity contribution is 5.98. The predicted molar refractivity (Wildman–Crippen MR) is 104 cm³/mol. The van der Waals surface area contributed by atoms with Crippen molar-refractivity contribution in [3.8, 4) is 16.9 Å². The fourth-order valence-corrected chi connectivity index (χ4v) is 3.33. The number of halogens is 3. The van der Waals surface area contributed by atoms with E-state index in [1.807, 2.05) is 0 Å². The molecule has 2 aromatic heterocycles. The van der Waals surface area contributed by atoms with E-state index in [1.165, 1.54) is 30.6 Å². The van der Waals surface area contributed by atoms with Crippen LogP contribution >= 0.6 is 0 Å². The molecular formula is C21H15F3N4O2. The molecule has 0 fully saturated rings. The number of nitrogens with zero attached hydrogens (tertiary/aromatic N) is 2. The van der Waals surface area contributed by atoms with Gasteiger partial charge in [0.15, 0.2) is 5.65 Å². The summed E-state index contributed by atoms with van der Waals surface area (Å²) in [5.74, 6) is -0.602. The molecule has 0 aliphatic heterocycles. The molecule has 0 aliphatic carbocycles. The van der Waals surface area contributed by atoms with Gasteiger partial charge >= 0.3 is 6.18 Å². The van der Waals surface area contributed by atoms with Crippen LogP contribution in [0.25, 0.3) is 22.2 Å². The second kappa shape index (κ2) is 7.51. The van der Waals surface area contributed by atoms with Gasteiger partial charge in [0, 0.05) is 22.7 Å². The average Bonchev–Trinajstić information content (AvgIpc) is 3.20. The van der Waals surface area contributed by atoms with Crippen molar-refractivity contribution in [1.29, 1.82) is 0 Å². The van der Waals surface area contributed by atoms with Crippen LogP contribution in [-0.4, -0.2) is 21.1 Å². The van der Waals surface area contributed by atoms with Crippen LogP contribution in [0.5, 0.6) is 5.75 Å². The quantitative estimate of drug-likeness (QED) is 0.510. The van der Waals surface area contributed by atoms with E-state index in [2.05, 4.69) is 15.2 Å². The van der Waals surface area contributed by atoms with Crippen molar-refractivity contribution in [1.82, 2.24) is 15.2 Å². The van der Waals surface area contributed by atoms with Crippen molar-refractivity contribution in [2.24, 2.45) is 5.73 Å². The second-order valence-corrected chi connectivity index (χ2v) is 6.47. The van der Waals surface area contributed by atoms with E-state index < -0.39 is 24.3 Å². The fraction of sp³-hybridized carbons (Fsp3) is 0.0952. The normalized spacial score (nSPS) is 11.6. The molecule has 9 heteroatoms. The number of nitrogens with one attached hydrogen (secondary N) is 1. The number of aromatic amines is 1. The minimum atomic E-state index is -4.77. The molecule has 0 atom stereocenters. The monoisotopic (exact) mass is 412 g/mol. The van der Waals surface area contributed by atoms with Crippen LogP contribution in [0.1, 0.15) is 21.5 Å². The second-order valence-electron chi connectivity index (χ2n) is 6.47. The topological polar surface area (TPSA) is 93.9 Å². The number of alkyl halides is 3. The number of amides is 1. The average molecular weight is 412 g/mol. The zero-order valence-electron chi connectivity index (χ0n) is 15.4. The summed E-state index contributed by atoms with van der Waals surface area (Å²) in [4.78, 5) is 16.0. The van der Waals surface area contributed by atoms with Gasteiger partial charge in [-0.25, -0.2) is 4.98 Å². The summed E-state index contributed by atoms with van der Waals surface area (Å²) in [5, 5.41) is 6.91. The van der Waals surface area contributed by atoms with Gasteiger partial charge in [0.2, 0.25) is 5.91 Å². The molecular weight excluding hydrogens is 397 g/mol. The number of aromatic nitrogens is 3. The first kappa shape index (κ1) is 19.4. The Hall–Kier alpha value is -3.88. The van der Waals surface area contributed by atoms with E-state index in [4.69, 9.17) is 10.5 Å². The Morgan fingerprint density at radius 1 is 1.07 bits per heavy atom. The standard InChI is InChI=1S/C21H15F3N4O2/c22-21(23,24)18-14(13-8-9-26-20-16(13)10-27-28-20)6-7-15(19(25)29)17(18)11-30-12-4-2-1-3-5-12/h1-10H,11H2,(H2,25,29)(H,26,27,28). The molecule has 0 spiro atoms.